The Hall–Kier alpha value is -4.01. The van der Waals surface area contributed by atoms with Crippen molar-refractivity contribution in [1.29, 1.82) is 0 Å². The Kier molecular flexibility index (Phi) is 4.91. The molecule has 0 amide bonds. The first-order valence-electron chi connectivity index (χ1n) is 10.1. The van der Waals surface area contributed by atoms with Gasteiger partial charge in [-0.1, -0.05) is 17.8 Å². The van der Waals surface area contributed by atoms with Crippen molar-refractivity contribution in [3.63, 3.8) is 0 Å². The minimum absolute atomic E-state index is 0.00510. The van der Waals surface area contributed by atoms with Gasteiger partial charge in [0.1, 0.15) is 11.5 Å². The van der Waals surface area contributed by atoms with E-state index >= 15 is 0 Å². The summed E-state index contributed by atoms with van der Waals surface area (Å²) in [6, 6.07) is 11.4. The molecule has 5 rings (SSSR count). The molecule has 1 fully saturated rings. The highest BCUT2D eigenvalue weighted by molar-refractivity contribution is 5.59. The number of nitrogens with one attached hydrogen (secondary N) is 2. The zero-order valence-corrected chi connectivity index (χ0v) is 17.1. The molecule has 1 aliphatic heterocycles. The number of aromatic amines is 1. The second kappa shape index (κ2) is 8.02. The van der Waals surface area contributed by atoms with Crippen LogP contribution in [0, 0.1) is 6.92 Å². The van der Waals surface area contributed by atoms with Crippen LogP contribution in [0.2, 0.25) is 0 Å². The average Bonchev–Trinajstić information content (AvgIpc) is 3.55. The Labute approximate surface area is 179 Å². The molecular weight excluding hydrogens is 392 g/mol. The number of aryl methyl sites for hydroxylation is 1. The molecule has 0 aromatic carbocycles. The van der Waals surface area contributed by atoms with Gasteiger partial charge in [0.25, 0.3) is 0 Å². The van der Waals surface area contributed by atoms with Crippen molar-refractivity contribution in [3.05, 3.63) is 66.3 Å². The van der Waals surface area contributed by atoms with Crippen molar-refractivity contribution in [1.82, 2.24) is 30.3 Å². The van der Waals surface area contributed by atoms with Crippen molar-refractivity contribution >= 4 is 23.7 Å². The summed E-state index contributed by atoms with van der Waals surface area (Å²) in [5.41, 5.74) is 3.21. The summed E-state index contributed by atoms with van der Waals surface area (Å²) in [6.45, 7) is 6.65. The molecule has 9 heteroatoms. The lowest BCUT2D eigenvalue weighted by Crippen LogP contribution is -2.25. The fourth-order valence-electron chi connectivity index (χ4n) is 3.75. The van der Waals surface area contributed by atoms with Gasteiger partial charge in [-0.05, 0) is 38.0 Å². The third-order valence-corrected chi connectivity index (χ3v) is 5.20. The van der Waals surface area contributed by atoms with Gasteiger partial charge in [-0.3, -0.25) is 10.1 Å². The van der Waals surface area contributed by atoms with Crippen LogP contribution < -0.4 is 10.2 Å². The Morgan fingerprint density at radius 3 is 2.90 bits per heavy atom. The molecule has 0 radical (unpaired) electrons. The number of rotatable bonds is 6. The van der Waals surface area contributed by atoms with E-state index in [0.717, 1.165) is 47.9 Å². The fourth-order valence-corrected chi connectivity index (χ4v) is 3.75. The van der Waals surface area contributed by atoms with Gasteiger partial charge in [0.05, 0.1) is 17.4 Å². The van der Waals surface area contributed by atoms with Crippen LogP contribution in [0.4, 0.5) is 17.6 Å². The van der Waals surface area contributed by atoms with Crippen LogP contribution in [0.25, 0.3) is 17.5 Å². The van der Waals surface area contributed by atoms with Gasteiger partial charge >= 0.3 is 0 Å². The normalized spacial score (nSPS) is 15.9. The maximum Gasteiger partial charge on any atom is 0.228 e. The second-order valence-electron chi connectivity index (χ2n) is 7.42. The van der Waals surface area contributed by atoms with Crippen LogP contribution in [0.3, 0.4) is 0 Å². The number of aromatic nitrogens is 6. The Morgan fingerprint density at radius 2 is 2.13 bits per heavy atom. The third-order valence-electron chi connectivity index (χ3n) is 5.20. The predicted molar refractivity (Wildman–Crippen MR) is 118 cm³/mol. The highest BCUT2D eigenvalue weighted by Gasteiger charge is 2.32. The predicted octanol–water partition coefficient (Wildman–Crippen LogP) is 4.29. The topological polar surface area (TPSA) is 109 Å². The summed E-state index contributed by atoms with van der Waals surface area (Å²) in [6.07, 6.45) is 5.40. The summed E-state index contributed by atoms with van der Waals surface area (Å²) >= 11 is 0. The summed E-state index contributed by atoms with van der Waals surface area (Å²) in [5.74, 6) is 2.75. The minimum Gasteiger partial charge on any atom is -0.358 e. The standard InChI is InChI=1S/C22H22N8O/c1-3-15-12-20(25-21-11-14(2)27-28-21)26-22(24-15)30-10-6-8-18(30)19-13-17(29-31-19)16-7-4-5-9-23-16/h3-5,7,9,11-13,18H,1,6,8,10H2,2H3,(H2,24,25,26,27,28). The molecule has 4 aromatic rings. The van der Waals surface area contributed by atoms with E-state index in [1.54, 1.807) is 12.3 Å². The molecule has 9 nitrogen and oxygen atoms in total. The molecule has 31 heavy (non-hydrogen) atoms. The number of pyridine rings is 1. The van der Waals surface area contributed by atoms with Crippen LogP contribution in [0.15, 0.2) is 53.7 Å². The van der Waals surface area contributed by atoms with Crippen molar-refractivity contribution in [2.75, 3.05) is 16.8 Å². The first-order valence-corrected chi connectivity index (χ1v) is 10.1. The molecule has 156 valence electrons. The molecule has 0 saturated carbocycles. The third kappa shape index (κ3) is 3.89. The molecule has 5 heterocycles. The number of nitrogens with zero attached hydrogens (tertiary/aromatic N) is 6. The summed E-state index contributed by atoms with van der Waals surface area (Å²) in [7, 11) is 0. The molecule has 2 N–H and O–H groups in total. The zero-order chi connectivity index (χ0) is 21.2. The van der Waals surface area contributed by atoms with E-state index in [2.05, 4.69) is 42.1 Å². The minimum atomic E-state index is 0.00510. The number of anilines is 3. The van der Waals surface area contributed by atoms with Gasteiger partial charge in [-0.15, -0.1) is 0 Å². The van der Waals surface area contributed by atoms with Crippen LogP contribution in [0.1, 0.15) is 36.0 Å². The first-order chi connectivity index (χ1) is 15.2. The van der Waals surface area contributed by atoms with Gasteiger partial charge in [-0.2, -0.15) is 10.1 Å². The lowest BCUT2D eigenvalue weighted by molar-refractivity contribution is 0.362. The molecule has 1 atom stereocenters. The SMILES string of the molecule is C=Cc1cc(Nc2cc(C)[nH]n2)nc(N2CCCC2c2cc(-c3ccccn3)no2)n1. The Morgan fingerprint density at radius 1 is 1.19 bits per heavy atom. The quantitative estimate of drug-likeness (QED) is 0.481. The maximum atomic E-state index is 5.70. The van der Waals surface area contributed by atoms with Gasteiger partial charge in [-0.25, -0.2) is 4.98 Å². The van der Waals surface area contributed by atoms with Crippen LogP contribution in [-0.2, 0) is 0 Å². The van der Waals surface area contributed by atoms with E-state index < -0.39 is 0 Å². The van der Waals surface area contributed by atoms with E-state index in [-0.39, 0.29) is 6.04 Å². The van der Waals surface area contributed by atoms with Crippen LogP contribution in [-0.4, -0.2) is 36.9 Å². The largest absolute Gasteiger partial charge is 0.358 e. The highest BCUT2D eigenvalue weighted by Crippen LogP contribution is 2.36. The molecule has 1 saturated heterocycles. The highest BCUT2D eigenvalue weighted by atomic mass is 16.5. The smallest absolute Gasteiger partial charge is 0.228 e. The summed E-state index contributed by atoms with van der Waals surface area (Å²) in [4.78, 5) is 15.9. The number of hydrogen-bond acceptors (Lipinski definition) is 8. The fraction of sp³-hybridized carbons (Fsp3) is 0.227. The summed E-state index contributed by atoms with van der Waals surface area (Å²) < 4.78 is 5.70. The number of H-pyrrole nitrogens is 1. The van der Waals surface area contributed by atoms with E-state index in [0.29, 0.717) is 17.6 Å². The Balaban J connectivity index is 1.44. The lowest BCUT2D eigenvalue weighted by atomic mass is 10.1. The van der Waals surface area contributed by atoms with Crippen molar-refractivity contribution in [2.45, 2.75) is 25.8 Å². The average molecular weight is 414 g/mol. The molecule has 0 spiro atoms. The molecule has 4 aromatic heterocycles. The lowest BCUT2D eigenvalue weighted by Gasteiger charge is -2.23. The van der Waals surface area contributed by atoms with Crippen molar-refractivity contribution in [3.8, 4) is 11.4 Å². The van der Waals surface area contributed by atoms with E-state index in [1.807, 2.05) is 43.3 Å². The summed E-state index contributed by atoms with van der Waals surface area (Å²) in [5, 5.41) is 14.6. The van der Waals surface area contributed by atoms with Crippen molar-refractivity contribution in [2.24, 2.45) is 0 Å². The van der Waals surface area contributed by atoms with Crippen LogP contribution in [0.5, 0.6) is 0 Å². The van der Waals surface area contributed by atoms with E-state index in [9.17, 15) is 0 Å². The van der Waals surface area contributed by atoms with Gasteiger partial charge < -0.3 is 14.7 Å². The molecular formula is C22H22N8O. The van der Waals surface area contributed by atoms with Gasteiger partial charge in [0.2, 0.25) is 5.95 Å². The first kappa shape index (κ1) is 19.0. The Bertz CT molecular complexity index is 1200. The van der Waals surface area contributed by atoms with Crippen molar-refractivity contribution < 1.29 is 4.52 Å². The molecule has 1 unspecified atom stereocenters. The monoisotopic (exact) mass is 414 g/mol. The zero-order valence-electron chi connectivity index (χ0n) is 17.1. The molecule has 0 bridgehead atoms. The molecule has 1 aliphatic rings. The van der Waals surface area contributed by atoms with E-state index in [4.69, 9.17) is 9.51 Å². The van der Waals surface area contributed by atoms with Gasteiger partial charge in [0, 0.05) is 36.6 Å². The van der Waals surface area contributed by atoms with E-state index in [1.165, 1.54) is 0 Å². The van der Waals surface area contributed by atoms with Gasteiger partial charge in [0.15, 0.2) is 11.6 Å². The van der Waals surface area contributed by atoms with Crippen LogP contribution >= 0.6 is 0 Å². The maximum absolute atomic E-state index is 5.70. The molecule has 0 aliphatic carbocycles. The number of hydrogen-bond donors (Lipinski definition) is 2. The second-order valence-corrected chi connectivity index (χ2v) is 7.42.